The van der Waals surface area contributed by atoms with Crippen molar-refractivity contribution < 1.29 is 19.1 Å². The minimum atomic E-state index is -0.292. The van der Waals surface area contributed by atoms with Crippen LogP contribution in [0.3, 0.4) is 0 Å². The SMILES string of the molecule is CCOC(=O)N1CCN(C(=O)C[C@@H]2CNCCO2)CC1. The van der Waals surface area contributed by atoms with Crippen LogP contribution in [0, 0.1) is 0 Å². The van der Waals surface area contributed by atoms with E-state index < -0.39 is 0 Å². The second-order valence-electron chi connectivity index (χ2n) is 4.97. The molecule has 7 heteroatoms. The van der Waals surface area contributed by atoms with Crippen molar-refractivity contribution in [2.75, 3.05) is 52.5 Å². The van der Waals surface area contributed by atoms with Gasteiger partial charge in [0.2, 0.25) is 5.91 Å². The number of amides is 2. The monoisotopic (exact) mass is 285 g/mol. The van der Waals surface area contributed by atoms with E-state index >= 15 is 0 Å². The molecule has 1 N–H and O–H groups in total. The van der Waals surface area contributed by atoms with Gasteiger partial charge in [-0.3, -0.25) is 4.79 Å². The molecular weight excluding hydrogens is 262 g/mol. The highest BCUT2D eigenvalue weighted by Gasteiger charge is 2.27. The number of nitrogens with zero attached hydrogens (tertiary/aromatic N) is 2. The molecule has 2 fully saturated rings. The van der Waals surface area contributed by atoms with Crippen LogP contribution in [-0.4, -0.2) is 80.4 Å². The van der Waals surface area contributed by atoms with Crippen molar-refractivity contribution in [3.8, 4) is 0 Å². The zero-order valence-corrected chi connectivity index (χ0v) is 12.0. The molecule has 2 aliphatic rings. The molecular formula is C13H23N3O4. The Hall–Kier alpha value is -1.34. The van der Waals surface area contributed by atoms with Crippen molar-refractivity contribution in [2.24, 2.45) is 0 Å². The van der Waals surface area contributed by atoms with E-state index in [-0.39, 0.29) is 18.1 Å². The highest BCUT2D eigenvalue weighted by molar-refractivity contribution is 5.77. The maximum Gasteiger partial charge on any atom is 0.409 e. The third-order valence-corrected chi connectivity index (χ3v) is 3.57. The Morgan fingerprint density at radius 1 is 1.25 bits per heavy atom. The number of hydrogen-bond donors (Lipinski definition) is 1. The molecule has 0 spiro atoms. The Balaban J connectivity index is 1.72. The van der Waals surface area contributed by atoms with Crippen LogP contribution >= 0.6 is 0 Å². The fourth-order valence-electron chi connectivity index (χ4n) is 2.43. The van der Waals surface area contributed by atoms with E-state index in [1.54, 1.807) is 16.7 Å². The standard InChI is InChI=1S/C13H23N3O4/c1-2-19-13(18)16-6-4-15(5-7-16)12(17)9-11-10-14-3-8-20-11/h11,14H,2-10H2,1H3/t11-/m1/s1. The molecule has 0 radical (unpaired) electrons. The molecule has 2 amide bonds. The van der Waals surface area contributed by atoms with E-state index in [1.165, 1.54) is 0 Å². The van der Waals surface area contributed by atoms with Gasteiger partial charge < -0.3 is 24.6 Å². The van der Waals surface area contributed by atoms with E-state index in [0.717, 1.165) is 13.1 Å². The van der Waals surface area contributed by atoms with Gasteiger partial charge in [0, 0.05) is 39.3 Å². The second-order valence-corrected chi connectivity index (χ2v) is 4.97. The van der Waals surface area contributed by atoms with Crippen LogP contribution in [0.25, 0.3) is 0 Å². The molecule has 0 bridgehead atoms. The summed E-state index contributed by atoms with van der Waals surface area (Å²) in [6.45, 7) is 6.62. The van der Waals surface area contributed by atoms with E-state index in [9.17, 15) is 9.59 Å². The minimum Gasteiger partial charge on any atom is -0.450 e. The first-order chi connectivity index (χ1) is 9.70. The van der Waals surface area contributed by atoms with E-state index in [2.05, 4.69) is 5.32 Å². The summed E-state index contributed by atoms with van der Waals surface area (Å²) < 4.78 is 10.5. The van der Waals surface area contributed by atoms with Gasteiger partial charge >= 0.3 is 6.09 Å². The third kappa shape index (κ3) is 4.08. The number of nitrogens with one attached hydrogen (secondary N) is 1. The average molecular weight is 285 g/mol. The molecule has 0 unspecified atom stereocenters. The first-order valence-corrected chi connectivity index (χ1v) is 7.22. The number of hydrogen-bond acceptors (Lipinski definition) is 5. The van der Waals surface area contributed by atoms with Gasteiger partial charge in [0.1, 0.15) is 0 Å². The minimum absolute atomic E-state index is 0.0284. The molecule has 2 heterocycles. The maximum atomic E-state index is 12.2. The highest BCUT2D eigenvalue weighted by atomic mass is 16.6. The topological polar surface area (TPSA) is 71.1 Å². The predicted molar refractivity (Wildman–Crippen MR) is 72.4 cm³/mol. The van der Waals surface area contributed by atoms with Gasteiger partial charge in [-0.15, -0.1) is 0 Å². The van der Waals surface area contributed by atoms with E-state index in [1.807, 2.05) is 0 Å². The molecule has 0 aromatic heterocycles. The molecule has 0 aromatic rings. The Labute approximate surface area is 119 Å². The quantitative estimate of drug-likeness (QED) is 0.768. The molecule has 2 saturated heterocycles. The van der Waals surface area contributed by atoms with Crippen LogP contribution in [0.15, 0.2) is 0 Å². The fraction of sp³-hybridized carbons (Fsp3) is 0.846. The lowest BCUT2D eigenvalue weighted by Crippen LogP contribution is -2.52. The number of carbonyl (C=O) groups excluding carboxylic acids is 2. The summed E-state index contributed by atoms with van der Waals surface area (Å²) in [7, 11) is 0. The summed E-state index contributed by atoms with van der Waals surface area (Å²) in [4.78, 5) is 27.2. The molecule has 114 valence electrons. The summed E-state index contributed by atoms with van der Waals surface area (Å²) >= 11 is 0. The molecule has 2 aliphatic heterocycles. The van der Waals surface area contributed by atoms with Gasteiger partial charge in [-0.05, 0) is 6.92 Å². The van der Waals surface area contributed by atoms with Gasteiger partial charge in [-0.25, -0.2) is 4.79 Å². The van der Waals surface area contributed by atoms with Crippen LogP contribution < -0.4 is 5.32 Å². The van der Waals surface area contributed by atoms with E-state index in [4.69, 9.17) is 9.47 Å². The van der Waals surface area contributed by atoms with E-state index in [0.29, 0.717) is 45.8 Å². The highest BCUT2D eigenvalue weighted by Crippen LogP contribution is 2.09. The fourth-order valence-corrected chi connectivity index (χ4v) is 2.43. The Morgan fingerprint density at radius 3 is 2.55 bits per heavy atom. The molecule has 0 aliphatic carbocycles. The lowest BCUT2D eigenvalue weighted by atomic mass is 10.2. The van der Waals surface area contributed by atoms with Crippen LogP contribution in [0.4, 0.5) is 4.79 Å². The first-order valence-electron chi connectivity index (χ1n) is 7.22. The van der Waals surface area contributed by atoms with Crippen LogP contribution in [0.1, 0.15) is 13.3 Å². The molecule has 0 saturated carbocycles. The smallest absolute Gasteiger partial charge is 0.409 e. The van der Waals surface area contributed by atoms with Gasteiger partial charge in [0.15, 0.2) is 0 Å². The Morgan fingerprint density at radius 2 is 1.95 bits per heavy atom. The van der Waals surface area contributed by atoms with Gasteiger partial charge in [0.05, 0.1) is 25.7 Å². The summed E-state index contributed by atoms with van der Waals surface area (Å²) in [5.74, 6) is 0.0993. The molecule has 0 aromatic carbocycles. The average Bonchev–Trinajstić information content (AvgIpc) is 2.48. The molecule has 7 nitrogen and oxygen atoms in total. The number of morpholine rings is 1. The predicted octanol–water partition coefficient (Wildman–Crippen LogP) is -0.334. The molecule has 20 heavy (non-hydrogen) atoms. The Bertz CT molecular complexity index is 337. The number of piperazine rings is 1. The lowest BCUT2D eigenvalue weighted by molar-refractivity contribution is -0.136. The third-order valence-electron chi connectivity index (χ3n) is 3.57. The number of carbonyl (C=O) groups is 2. The zero-order chi connectivity index (χ0) is 14.4. The summed E-state index contributed by atoms with van der Waals surface area (Å²) in [6, 6.07) is 0. The van der Waals surface area contributed by atoms with Crippen molar-refractivity contribution in [2.45, 2.75) is 19.4 Å². The van der Waals surface area contributed by atoms with Crippen LogP contribution in [0.5, 0.6) is 0 Å². The normalized spacial score (nSPS) is 23.6. The maximum absolute atomic E-state index is 12.2. The van der Waals surface area contributed by atoms with Crippen molar-refractivity contribution >= 4 is 12.0 Å². The largest absolute Gasteiger partial charge is 0.450 e. The number of ether oxygens (including phenoxy) is 2. The summed E-state index contributed by atoms with van der Waals surface area (Å²) in [5.41, 5.74) is 0. The van der Waals surface area contributed by atoms with Crippen molar-refractivity contribution in [1.82, 2.24) is 15.1 Å². The lowest BCUT2D eigenvalue weighted by Gasteiger charge is -2.35. The number of rotatable bonds is 3. The van der Waals surface area contributed by atoms with Gasteiger partial charge in [-0.1, -0.05) is 0 Å². The van der Waals surface area contributed by atoms with Crippen LogP contribution in [0.2, 0.25) is 0 Å². The first kappa shape index (κ1) is 15.1. The summed E-state index contributed by atoms with van der Waals surface area (Å²) in [6.07, 6.45) is 0.0885. The summed E-state index contributed by atoms with van der Waals surface area (Å²) in [5, 5.41) is 3.21. The van der Waals surface area contributed by atoms with Crippen molar-refractivity contribution in [3.63, 3.8) is 0 Å². The van der Waals surface area contributed by atoms with Gasteiger partial charge in [0.25, 0.3) is 0 Å². The molecule has 2 rings (SSSR count). The Kier molecular flexibility index (Phi) is 5.60. The van der Waals surface area contributed by atoms with Crippen molar-refractivity contribution in [3.05, 3.63) is 0 Å². The molecule has 1 atom stereocenters. The van der Waals surface area contributed by atoms with Crippen LogP contribution in [-0.2, 0) is 14.3 Å². The van der Waals surface area contributed by atoms with Gasteiger partial charge in [-0.2, -0.15) is 0 Å². The zero-order valence-electron chi connectivity index (χ0n) is 12.0. The second kappa shape index (κ2) is 7.44. The van der Waals surface area contributed by atoms with Crippen molar-refractivity contribution in [1.29, 1.82) is 0 Å².